The zero-order valence-corrected chi connectivity index (χ0v) is 11.0. The van der Waals surface area contributed by atoms with Gasteiger partial charge in [-0.15, -0.1) is 0 Å². The van der Waals surface area contributed by atoms with Crippen LogP contribution in [0.2, 0.25) is 0 Å². The molecule has 5 heteroatoms. The summed E-state index contributed by atoms with van der Waals surface area (Å²) < 4.78 is 5.76. The van der Waals surface area contributed by atoms with Crippen LogP contribution in [0.5, 0.6) is 5.75 Å². The first-order valence-corrected chi connectivity index (χ1v) is 5.58. The Morgan fingerprint density at radius 1 is 1.31 bits per heavy atom. The Morgan fingerprint density at radius 2 is 1.94 bits per heavy atom. The lowest BCUT2D eigenvalue weighted by Gasteiger charge is -2.19. The number of para-hydroxylation sites is 1. The molecule has 0 fully saturated rings. The third-order valence-electron chi connectivity index (χ3n) is 1.48. The van der Waals surface area contributed by atoms with Crippen molar-refractivity contribution in [3.63, 3.8) is 0 Å². The van der Waals surface area contributed by atoms with Crippen LogP contribution < -0.4 is 10.3 Å². The minimum absolute atomic E-state index is 0.522. The van der Waals surface area contributed by atoms with Crippen molar-refractivity contribution in [1.29, 1.82) is 0 Å². The minimum atomic E-state index is -0.622. The number of amides is 1. The maximum absolute atomic E-state index is 11.3. The number of hydrogen-bond donors (Lipinski definition) is 1. The zero-order chi connectivity index (χ0) is 12.2. The van der Waals surface area contributed by atoms with E-state index in [4.69, 9.17) is 9.57 Å². The Kier molecular flexibility index (Phi) is 4.18. The Balaban J connectivity index is 2.47. The molecule has 0 unspecified atom stereocenters. The van der Waals surface area contributed by atoms with E-state index in [1.54, 1.807) is 32.9 Å². The third-order valence-corrected chi connectivity index (χ3v) is 2.13. The number of carbonyl (C=O) groups excluding carboxylic acids is 1. The van der Waals surface area contributed by atoms with Gasteiger partial charge in [-0.25, -0.2) is 4.79 Å². The molecule has 4 nitrogen and oxygen atoms in total. The predicted molar refractivity (Wildman–Crippen MR) is 64.1 cm³/mol. The molecular formula is C11H14BrNO3. The van der Waals surface area contributed by atoms with Crippen molar-refractivity contribution in [3.8, 4) is 5.75 Å². The summed E-state index contributed by atoms with van der Waals surface area (Å²) in [6.07, 6.45) is -0.622. The van der Waals surface area contributed by atoms with E-state index >= 15 is 0 Å². The van der Waals surface area contributed by atoms with Crippen LogP contribution in [0.15, 0.2) is 28.7 Å². The molecule has 0 radical (unpaired) electrons. The summed E-state index contributed by atoms with van der Waals surface area (Å²) in [5, 5.41) is 0. The third kappa shape index (κ3) is 4.53. The first kappa shape index (κ1) is 12.8. The first-order valence-electron chi connectivity index (χ1n) is 4.79. The van der Waals surface area contributed by atoms with E-state index in [-0.39, 0.29) is 0 Å². The number of hydrogen-bond acceptors (Lipinski definition) is 3. The highest BCUT2D eigenvalue weighted by molar-refractivity contribution is 9.10. The lowest BCUT2D eigenvalue weighted by molar-refractivity contribution is 0.0286. The molecule has 0 heterocycles. The van der Waals surface area contributed by atoms with Gasteiger partial charge in [-0.05, 0) is 48.8 Å². The smallest absolute Gasteiger partial charge is 0.441 e. The number of hydroxylamine groups is 1. The highest BCUT2D eigenvalue weighted by Crippen LogP contribution is 2.22. The molecular weight excluding hydrogens is 274 g/mol. The number of carbonyl (C=O) groups is 1. The highest BCUT2D eigenvalue weighted by atomic mass is 79.9. The van der Waals surface area contributed by atoms with Crippen LogP contribution in [-0.2, 0) is 4.74 Å². The fourth-order valence-corrected chi connectivity index (χ4v) is 1.29. The fourth-order valence-electron chi connectivity index (χ4n) is 0.923. The number of rotatable bonds is 2. The molecule has 0 aromatic heterocycles. The van der Waals surface area contributed by atoms with Crippen LogP contribution in [0.3, 0.4) is 0 Å². The van der Waals surface area contributed by atoms with Gasteiger partial charge >= 0.3 is 6.09 Å². The molecule has 0 saturated heterocycles. The SMILES string of the molecule is CC(C)(C)OC(=O)NOc1ccccc1Br. The van der Waals surface area contributed by atoms with Crippen molar-refractivity contribution in [1.82, 2.24) is 5.48 Å². The second kappa shape index (κ2) is 5.21. The second-order valence-corrected chi connectivity index (χ2v) is 4.99. The number of halogens is 1. The van der Waals surface area contributed by atoms with Crippen molar-refractivity contribution >= 4 is 22.0 Å². The van der Waals surface area contributed by atoms with Crippen molar-refractivity contribution in [2.75, 3.05) is 0 Å². The Morgan fingerprint density at radius 3 is 2.50 bits per heavy atom. The van der Waals surface area contributed by atoms with E-state index in [1.807, 2.05) is 12.1 Å². The maximum Gasteiger partial charge on any atom is 0.441 e. The van der Waals surface area contributed by atoms with Crippen molar-refractivity contribution in [3.05, 3.63) is 28.7 Å². The molecule has 88 valence electrons. The first-order chi connectivity index (χ1) is 7.38. The van der Waals surface area contributed by atoms with Crippen LogP contribution in [0.4, 0.5) is 4.79 Å². The van der Waals surface area contributed by atoms with E-state index in [9.17, 15) is 4.79 Å². The van der Waals surface area contributed by atoms with Crippen LogP contribution >= 0.6 is 15.9 Å². The molecule has 0 aliphatic carbocycles. The highest BCUT2D eigenvalue weighted by Gasteiger charge is 2.16. The summed E-state index contributed by atoms with van der Waals surface area (Å²) in [6.45, 7) is 5.35. The van der Waals surface area contributed by atoms with E-state index < -0.39 is 11.7 Å². The standard InChI is InChI=1S/C11H14BrNO3/c1-11(2,3)15-10(14)13-16-9-7-5-4-6-8(9)12/h4-7H,1-3H3,(H,13,14). The van der Waals surface area contributed by atoms with Gasteiger partial charge in [0, 0.05) is 0 Å². The summed E-state index contributed by atoms with van der Waals surface area (Å²) in [7, 11) is 0. The quantitative estimate of drug-likeness (QED) is 0.850. The molecule has 0 atom stereocenters. The van der Waals surface area contributed by atoms with Crippen LogP contribution in [0.25, 0.3) is 0 Å². The maximum atomic E-state index is 11.3. The van der Waals surface area contributed by atoms with Gasteiger partial charge in [0.1, 0.15) is 5.60 Å². The second-order valence-electron chi connectivity index (χ2n) is 4.14. The largest absolute Gasteiger partial charge is 0.442 e. The van der Waals surface area contributed by atoms with Crippen LogP contribution in [0.1, 0.15) is 20.8 Å². The normalized spacial score (nSPS) is 10.8. The molecule has 1 aromatic rings. The van der Waals surface area contributed by atoms with E-state index in [0.717, 1.165) is 4.47 Å². The topological polar surface area (TPSA) is 47.6 Å². The van der Waals surface area contributed by atoms with E-state index in [2.05, 4.69) is 21.4 Å². The molecule has 0 aliphatic rings. The van der Waals surface area contributed by atoms with Gasteiger partial charge in [0.05, 0.1) is 4.47 Å². The molecule has 1 amide bonds. The summed E-state index contributed by atoms with van der Waals surface area (Å²) >= 11 is 3.29. The monoisotopic (exact) mass is 287 g/mol. The Labute approximate surface area is 103 Å². The molecule has 1 rings (SSSR count). The number of ether oxygens (including phenoxy) is 1. The zero-order valence-electron chi connectivity index (χ0n) is 9.41. The number of nitrogens with one attached hydrogen (secondary N) is 1. The Bertz CT molecular complexity index is 374. The van der Waals surface area contributed by atoms with Gasteiger partial charge in [0.15, 0.2) is 5.75 Å². The molecule has 1 N–H and O–H groups in total. The average Bonchev–Trinajstić information content (AvgIpc) is 2.14. The van der Waals surface area contributed by atoms with Gasteiger partial charge in [0.25, 0.3) is 0 Å². The summed E-state index contributed by atoms with van der Waals surface area (Å²) in [4.78, 5) is 16.3. The summed E-state index contributed by atoms with van der Waals surface area (Å²) in [6, 6.07) is 7.19. The van der Waals surface area contributed by atoms with Crippen molar-refractivity contribution in [2.45, 2.75) is 26.4 Å². The molecule has 0 aliphatic heterocycles. The van der Waals surface area contributed by atoms with Crippen molar-refractivity contribution < 1.29 is 14.4 Å². The molecule has 0 spiro atoms. The molecule has 1 aromatic carbocycles. The van der Waals surface area contributed by atoms with Crippen molar-refractivity contribution in [2.24, 2.45) is 0 Å². The fraction of sp³-hybridized carbons (Fsp3) is 0.364. The van der Waals surface area contributed by atoms with Gasteiger partial charge in [-0.1, -0.05) is 12.1 Å². The van der Waals surface area contributed by atoms with E-state index in [1.165, 1.54) is 0 Å². The van der Waals surface area contributed by atoms with Gasteiger partial charge in [0.2, 0.25) is 0 Å². The number of benzene rings is 1. The summed E-state index contributed by atoms with van der Waals surface area (Å²) in [5.41, 5.74) is 1.66. The lowest BCUT2D eigenvalue weighted by atomic mass is 10.2. The van der Waals surface area contributed by atoms with Gasteiger partial charge < -0.3 is 9.57 Å². The molecule has 0 saturated carbocycles. The van der Waals surface area contributed by atoms with Gasteiger partial charge in [-0.2, -0.15) is 5.48 Å². The Hall–Kier alpha value is -1.23. The van der Waals surface area contributed by atoms with Gasteiger partial charge in [-0.3, -0.25) is 0 Å². The molecule has 0 bridgehead atoms. The minimum Gasteiger partial charge on any atom is -0.442 e. The van der Waals surface area contributed by atoms with Crippen LogP contribution in [0, 0.1) is 0 Å². The van der Waals surface area contributed by atoms with E-state index in [0.29, 0.717) is 5.75 Å². The van der Waals surface area contributed by atoms with Crippen LogP contribution in [-0.4, -0.2) is 11.7 Å². The average molecular weight is 288 g/mol. The predicted octanol–water partition coefficient (Wildman–Crippen LogP) is 3.27. The summed E-state index contributed by atoms with van der Waals surface area (Å²) in [5.74, 6) is 0.522. The molecule has 16 heavy (non-hydrogen) atoms. The lowest BCUT2D eigenvalue weighted by Crippen LogP contribution is -2.34.